The van der Waals surface area contributed by atoms with Gasteiger partial charge in [-0.05, 0) is 12.1 Å². The van der Waals surface area contributed by atoms with E-state index in [0.717, 1.165) is 39.4 Å². The number of morpholine rings is 1. The SMILES string of the molecule is N#Cc1nc(NCCN2CCOCC2)ccc1N. The van der Waals surface area contributed by atoms with E-state index in [9.17, 15) is 0 Å². The van der Waals surface area contributed by atoms with Crippen molar-refractivity contribution in [1.29, 1.82) is 5.26 Å². The molecule has 2 heterocycles. The molecule has 6 nitrogen and oxygen atoms in total. The summed E-state index contributed by atoms with van der Waals surface area (Å²) in [6.45, 7) is 5.29. The lowest BCUT2D eigenvalue weighted by molar-refractivity contribution is 0.0398. The molecule has 0 unspecified atom stereocenters. The number of nitrogens with two attached hydrogens (primary N) is 1. The minimum atomic E-state index is 0.270. The van der Waals surface area contributed by atoms with Crippen LogP contribution in [0, 0.1) is 11.3 Å². The number of ether oxygens (including phenoxy) is 1. The van der Waals surface area contributed by atoms with E-state index in [1.165, 1.54) is 0 Å². The number of nitrogen functional groups attached to an aromatic ring is 1. The molecule has 2 rings (SSSR count). The van der Waals surface area contributed by atoms with Crippen molar-refractivity contribution >= 4 is 11.5 Å². The molecule has 1 aromatic rings. The molecule has 0 spiro atoms. The van der Waals surface area contributed by atoms with E-state index >= 15 is 0 Å². The maximum absolute atomic E-state index is 8.83. The van der Waals surface area contributed by atoms with Crippen LogP contribution in [0.1, 0.15) is 5.69 Å². The normalized spacial score (nSPS) is 16.2. The Morgan fingerprint density at radius 1 is 1.44 bits per heavy atom. The molecule has 18 heavy (non-hydrogen) atoms. The zero-order valence-electron chi connectivity index (χ0n) is 10.2. The molecule has 1 aliphatic heterocycles. The zero-order chi connectivity index (χ0) is 12.8. The smallest absolute Gasteiger partial charge is 0.165 e. The van der Waals surface area contributed by atoms with Crippen molar-refractivity contribution in [3.63, 3.8) is 0 Å². The van der Waals surface area contributed by atoms with E-state index in [-0.39, 0.29) is 5.69 Å². The van der Waals surface area contributed by atoms with Crippen LogP contribution in [0.25, 0.3) is 0 Å². The van der Waals surface area contributed by atoms with E-state index in [4.69, 9.17) is 15.7 Å². The van der Waals surface area contributed by atoms with Crippen molar-refractivity contribution in [2.24, 2.45) is 0 Å². The summed E-state index contributed by atoms with van der Waals surface area (Å²) in [4.78, 5) is 6.47. The summed E-state index contributed by atoms with van der Waals surface area (Å²) in [6, 6.07) is 5.46. The summed E-state index contributed by atoms with van der Waals surface area (Å²) in [6.07, 6.45) is 0. The molecule has 96 valence electrons. The van der Waals surface area contributed by atoms with Crippen LogP contribution >= 0.6 is 0 Å². The van der Waals surface area contributed by atoms with Gasteiger partial charge in [0, 0.05) is 26.2 Å². The fraction of sp³-hybridized carbons (Fsp3) is 0.500. The van der Waals surface area contributed by atoms with E-state index in [2.05, 4.69) is 15.2 Å². The Hall–Kier alpha value is -1.84. The van der Waals surface area contributed by atoms with Crippen LogP contribution in [0.3, 0.4) is 0 Å². The fourth-order valence-electron chi connectivity index (χ4n) is 1.82. The maximum Gasteiger partial charge on any atom is 0.165 e. The standard InChI is InChI=1S/C12H17N5O/c13-9-11-10(14)1-2-12(16-11)15-3-4-17-5-7-18-8-6-17/h1-2H,3-8,14H2,(H,15,16). The highest BCUT2D eigenvalue weighted by atomic mass is 16.5. The lowest BCUT2D eigenvalue weighted by Crippen LogP contribution is -2.39. The molecule has 3 N–H and O–H groups in total. The molecular formula is C12H17N5O. The van der Waals surface area contributed by atoms with Crippen LogP contribution in [0.4, 0.5) is 11.5 Å². The van der Waals surface area contributed by atoms with Gasteiger partial charge in [-0.1, -0.05) is 0 Å². The summed E-state index contributed by atoms with van der Waals surface area (Å²) in [5.74, 6) is 0.689. The molecule has 0 amide bonds. The number of nitrogens with one attached hydrogen (secondary N) is 1. The first-order chi connectivity index (χ1) is 8.79. The second-order valence-corrected chi connectivity index (χ2v) is 4.13. The van der Waals surface area contributed by atoms with Crippen LogP contribution in [-0.4, -0.2) is 49.3 Å². The Bertz CT molecular complexity index is 437. The van der Waals surface area contributed by atoms with E-state index in [1.54, 1.807) is 12.1 Å². The van der Waals surface area contributed by atoms with Crippen LogP contribution in [0.5, 0.6) is 0 Å². The first-order valence-electron chi connectivity index (χ1n) is 6.00. The summed E-state index contributed by atoms with van der Waals surface area (Å²) in [7, 11) is 0. The number of pyridine rings is 1. The number of nitriles is 1. The van der Waals surface area contributed by atoms with Gasteiger partial charge in [0.25, 0.3) is 0 Å². The molecule has 0 atom stereocenters. The third-order valence-corrected chi connectivity index (χ3v) is 2.87. The third-order valence-electron chi connectivity index (χ3n) is 2.87. The van der Waals surface area contributed by atoms with Gasteiger partial charge in [-0.25, -0.2) is 4.98 Å². The van der Waals surface area contributed by atoms with Crippen molar-refractivity contribution in [1.82, 2.24) is 9.88 Å². The van der Waals surface area contributed by atoms with Crippen molar-refractivity contribution in [2.45, 2.75) is 0 Å². The van der Waals surface area contributed by atoms with Gasteiger partial charge in [0.2, 0.25) is 0 Å². The zero-order valence-corrected chi connectivity index (χ0v) is 10.2. The Morgan fingerprint density at radius 3 is 2.94 bits per heavy atom. The third kappa shape index (κ3) is 3.32. The highest BCUT2D eigenvalue weighted by Crippen LogP contribution is 2.11. The molecule has 1 aliphatic rings. The van der Waals surface area contributed by atoms with Crippen molar-refractivity contribution in [3.8, 4) is 6.07 Å². The molecule has 1 aromatic heterocycles. The van der Waals surface area contributed by atoms with Crippen molar-refractivity contribution < 1.29 is 4.74 Å². The molecule has 0 aliphatic carbocycles. The van der Waals surface area contributed by atoms with Gasteiger partial charge in [-0.3, -0.25) is 4.90 Å². The lowest BCUT2D eigenvalue weighted by Gasteiger charge is -2.26. The molecule has 1 fully saturated rings. The Balaban J connectivity index is 1.81. The van der Waals surface area contributed by atoms with Gasteiger partial charge in [-0.15, -0.1) is 0 Å². The number of nitrogens with zero attached hydrogens (tertiary/aromatic N) is 3. The summed E-state index contributed by atoms with van der Waals surface area (Å²) in [5, 5.41) is 12.0. The van der Waals surface area contributed by atoms with Crippen LogP contribution in [0.15, 0.2) is 12.1 Å². The molecule has 0 bridgehead atoms. The predicted molar refractivity (Wildman–Crippen MR) is 69.1 cm³/mol. The molecule has 0 saturated carbocycles. The van der Waals surface area contributed by atoms with Crippen LogP contribution in [-0.2, 0) is 4.74 Å². The second-order valence-electron chi connectivity index (χ2n) is 4.13. The number of hydrogen-bond acceptors (Lipinski definition) is 6. The molecule has 6 heteroatoms. The largest absolute Gasteiger partial charge is 0.396 e. The molecular weight excluding hydrogens is 230 g/mol. The van der Waals surface area contributed by atoms with Crippen LogP contribution < -0.4 is 11.1 Å². The molecule has 0 aromatic carbocycles. The van der Waals surface area contributed by atoms with E-state index < -0.39 is 0 Å². The summed E-state index contributed by atoms with van der Waals surface area (Å²) in [5.41, 5.74) is 6.29. The quantitative estimate of drug-likeness (QED) is 0.794. The Morgan fingerprint density at radius 2 is 2.22 bits per heavy atom. The minimum absolute atomic E-state index is 0.270. The van der Waals surface area contributed by atoms with Crippen molar-refractivity contribution in [2.75, 3.05) is 50.4 Å². The average molecular weight is 247 g/mol. The van der Waals surface area contributed by atoms with Gasteiger partial charge in [-0.2, -0.15) is 5.26 Å². The fourth-order valence-corrected chi connectivity index (χ4v) is 1.82. The summed E-state index contributed by atoms with van der Waals surface area (Å²) < 4.78 is 5.28. The van der Waals surface area contributed by atoms with Gasteiger partial charge in [0.1, 0.15) is 11.9 Å². The number of hydrogen-bond donors (Lipinski definition) is 2. The van der Waals surface area contributed by atoms with Gasteiger partial charge < -0.3 is 15.8 Å². The van der Waals surface area contributed by atoms with Crippen molar-refractivity contribution in [3.05, 3.63) is 17.8 Å². The van der Waals surface area contributed by atoms with Gasteiger partial charge in [0.05, 0.1) is 18.9 Å². The molecule has 1 saturated heterocycles. The first kappa shape index (κ1) is 12.6. The second kappa shape index (κ2) is 6.19. The number of anilines is 2. The highest BCUT2D eigenvalue weighted by Gasteiger charge is 2.09. The van der Waals surface area contributed by atoms with Gasteiger partial charge >= 0.3 is 0 Å². The monoisotopic (exact) mass is 247 g/mol. The highest BCUT2D eigenvalue weighted by molar-refractivity contribution is 5.54. The summed E-state index contributed by atoms with van der Waals surface area (Å²) >= 11 is 0. The first-order valence-corrected chi connectivity index (χ1v) is 6.00. The number of aromatic nitrogens is 1. The average Bonchev–Trinajstić information content (AvgIpc) is 2.42. The topological polar surface area (TPSA) is 87.2 Å². The minimum Gasteiger partial charge on any atom is -0.396 e. The van der Waals surface area contributed by atoms with E-state index in [1.807, 2.05) is 6.07 Å². The lowest BCUT2D eigenvalue weighted by atomic mass is 10.3. The maximum atomic E-state index is 8.83. The van der Waals surface area contributed by atoms with Gasteiger partial charge in [0.15, 0.2) is 5.69 Å². The molecule has 0 radical (unpaired) electrons. The number of rotatable bonds is 4. The predicted octanol–water partition coefficient (Wildman–Crippen LogP) is 0.280. The Kier molecular flexibility index (Phi) is 4.34. The Labute approximate surface area is 106 Å². The van der Waals surface area contributed by atoms with Crippen LogP contribution in [0.2, 0.25) is 0 Å². The van der Waals surface area contributed by atoms with E-state index in [0.29, 0.717) is 11.5 Å².